The lowest BCUT2D eigenvalue weighted by Gasteiger charge is -2.41. The summed E-state index contributed by atoms with van der Waals surface area (Å²) in [5.74, 6) is -1.60. The molecule has 1 N–H and O–H groups in total. The first-order valence-corrected chi connectivity index (χ1v) is 8.56. The fourth-order valence-corrected chi connectivity index (χ4v) is 3.02. The van der Waals surface area contributed by atoms with Gasteiger partial charge < -0.3 is 19.3 Å². The van der Waals surface area contributed by atoms with Crippen molar-refractivity contribution in [1.29, 1.82) is 0 Å². The lowest BCUT2D eigenvalue weighted by molar-refractivity contribution is -0.228. The van der Waals surface area contributed by atoms with Crippen molar-refractivity contribution in [2.24, 2.45) is 11.8 Å². The van der Waals surface area contributed by atoms with Crippen LogP contribution in [0.1, 0.15) is 43.6 Å². The molecule has 1 aliphatic heterocycles. The lowest BCUT2D eigenvalue weighted by atomic mass is 9.85. The van der Waals surface area contributed by atoms with E-state index < -0.39 is 30.5 Å². The first-order chi connectivity index (χ1) is 12.1. The molecule has 0 spiro atoms. The monoisotopic (exact) mass is 368 g/mol. The highest BCUT2D eigenvalue weighted by molar-refractivity contribution is 5.99. The second kappa shape index (κ2) is 8.03. The van der Waals surface area contributed by atoms with Crippen LogP contribution in [0.15, 0.2) is 12.1 Å². The third kappa shape index (κ3) is 4.33. The molecule has 0 radical (unpaired) electrons. The van der Waals surface area contributed by atoms with E-state index in [-0.39, 0.29) is 35.4 Å². The summed E-state index contributed by atoms with van der Waals surface area (Å²) < 4.78 is 31.0. The highest BCUT2D eigenvalue weighted by atomic mass is 19.1. The van der Waals surface area contributed by atoms with Gasteiger partial charge in [-0.05, 0) is 37.5 Å². The van der Waals surface area contributed by atoms with E-state index >= 15 is 0 Å². The van der Waals surface area contributed by atoms with Gasteiger partial charge in [0.15, 0.2) is 5.78 Å². The molecule has 1 aromatic carbocycles. The predicted molar refractivity (Wildman–Crippen MR) is 92.0 cm³/mol. The van der Waals surface area contributed by atoms with E-state index in [1.807, 2.05) is 0 Å². The zero-order valence-electron chi connectivity index (χ0n) is 15.6. The second-order valence-corrected chi connectivity index (χ2v) is 6.84. The topological polar surface area (TPSA) is 82.1 Å². The maximum atomic E-state index is 14.5. The van der Waals surface area contributed by atoms with Crippen LogP contribution in [-0.4, -0.2) is 42.0 Å². The molecule has 1 aliphatic rings. The predicted octanol–water partition coefficient (Wildman–Crippen LogP) is 3.18. The highest BCUT2D eigenvalue weighted by Crippen LogP contribution is 2.37. The van der Waals surface area contributed by atoms with Crippen molar-refractivity contribution in [2.45, 2.75) is 53.2 Å². The van der Waals surface area contributed by atoms with Crippen LogP contribution in [0.3, 0.4) is 0 Å². The molecule has 0 amide bonds. The summed E-state index contributed by atoms with van der Waals surface area (Å²) in [5.41, 5.74) is 0.761. The molecule has 1 fully saturated rings. The summed E-state index contributed by atoms with van der Waals surface area (Å²) in [5, 5.41) is 10.1. The number of alkyl halides is 1. The number of ether oxygens (including phenoxy) is 3. The van der Waals surface area contributed by atoms with E-state index in [1.54, 1.807) is 26.8 Å². The molecule has 7 heteroatoms. The fourth-order valence-electron chi connectivity index (χ4n) is 3.02. The molecule has 1 saturated heterocycles. The molecule has 5 atom stereocenters. The highest BCUT2D eigenvalue weighted by Gasteiger charge is 2.43. The Hall–Kier alpha value is -2.15. The number of halogens is 1. The van der Waals surface area contributed by atoms with Gasteiger partial charge in [-0.1, -0.05) is 13.8 Å². The Kier molecular flexibility index (Phi) is 6.23. The molecular formula is C19H25FO6. The zero-order chi connectivity index (χ0) is 19.6. The van der Waals surface area contributed by atoms with Crippen molar-refractivity contribution in [3.63, 3.8) is 0 Å². The van der Waals surface area contributed by atoms with Crippen molar-refractivity contribution in [3.05, 3.63) is 23.3 Å². The molecule has 0 bridgehead atoms. The number of hydrogen-bond acceptors (Lipinski definition) is 6. The van der Waals surface area contributed by atoms with Crippen molar-refractivity contribution in [1.82, 2.24) is 0 Å². The number of aryl methyl sites for hydroxylation is 1. The first kappa shape index (κ1) is 20.2. The summed E-state index contributed by atoms with van der Waals surface area (Å²) >= 11 is 0. The molecule has 6 nitrogen and oxygen atoms in total. The summed E-state index contributed by atoms with van der Waals surface area (Å²) in [4.78, 5) is 22.9. The Morgan fingerprint density at radius 2 is 1.88 bits per heavy atom. The zero-order valence-corrected chi connectivity index (χ0v) is 15.6. The molecule has 26 heavy (non-hydrogen) atoms. The molecule has 0 saturated carbocycles. The van der Waals surface area contributed by atoms with Crippen LogP contribution in [0.5, 0.6) is 11.5 Å². The normalized spacial score (nSPS) is 28.5. The average molecular weight is 368 g/mol. The van der Waals surface area contributed by atoms with Gasteiger partial charge in [-0.3, -0.25) is 9.59 Å². The van der Waals surface area contributed by atoms with Gasteiger partial charge in [0.05, 0.1) is 0 Å². The first-order valence-electron chi connectivity index (χ1n) is 8.56. The van der Waals surface area contributed by atoms with E-state index in [2.05, 4.69) is 0 Å². The van der Waals surface area contributed by atoms with Crippen LogP contribution < -0.4 is 4.74 Å². The van der Waals surface area contributed by atoms with Crippen molar-refractivity contribution >= 4 is 11.8 Å². The third-order valence-corrected chi connectivity index (χ3v) is 4.70. The van der Waals surface area contributed by atoms with Crippen LogP contribution in [-0.2, 0) is 14.3 Å². The number of aromatic hydroxyl groups is 1. The molecule has 2 rings (SSSR count). The maximum Gasteiger partial charge on any atom is 0.302 e. The van der Waals surface area contributed by atoms with Gasteiger partial charge in [-0.2, -0.15) is 0 Å². The largest absolute Gasteiger partial charge is 0.507 e. The summed E-state index contributed by atoms with van der Waals surface area (Å²) in [7, 11) is 0. The Morgan fingerprint density at radius 1 is 1.23 bits per heavy atom. The van der Waals surface area contributed by atoms with E-state index in [0.29, 0.717) is 5.56 Å². The molecule has 5 unspecified atom stereocenters. The quantitative estimate of drug-likeness (QED) is 0.635. The van der Waals surface area contributed by atoms with Crippen LogP contribution in [0.2, 0.25) is 0 Å². The molecule has 0 aliphatic carbocycles. The minimum Gasteiger partial charge on any atom is -0.507 e. The molecule has 0 aromatic heterocycles. The molecule has 1 heterocycles. The lowest BCUT2D eigenvalue weighted by Crippen LogP contribution is -2.51. The minimum absolute atomic E-state index is 0.0537. The van der Waals surface area contributed by atoms with Gasteiger partial charge in [0.25, 0.3) is 0 Å². The Labute approximate surface area is 152 Å². The number of phenols is 1. The number of ketones is 1. The number of esters is 1. The third-order valence-electron chi connectivity index (χ3n) is 4.70. The number of phenolic OH excluding ortho intramolecular Hbond substituents is 1. The van der Waals surface area contributed by atoms with Crippen LogP contribution >= 0.6 is 0 Å². The SMILES string of the molecule is CC(=O)OCC1OC(Oc2cc(C)cc(O)c2C(C)=O)C(C)C(C)C1F. The number of Topliss-reactive ketones (excluding diaryl/α,β-unsaturated/α-hetero) is 1. The van der Waals surface area contributed by atoms with Gasteiger partial charge in [-0.25, -0.2) is 4.39 Å². The van der Waals surface area contributed by atoms with E-state index in [0.717, 1.165) is 0 Å². The molecule has 144 valence electrons. The second-order valence-electron chi connectivity index (χ2n) is 6.84. The van der Waals surface area contributed by atoms with Gasteiger partial charge >= 0.3 is 5.97 Å². The van der Waals surface area contributed by atoms with Gasteiger partial charge in [0, 0.05) is 12.8 Å². The Balaban J connectivity index is 2.27. The fraction of sp³-hybridized carbons (Fsp3) is 0.579. The molecule has 1 aromatic rings. The van der Waals surface area contributed by atoms with Crippen LogP contribution in [0, 0.1) is 18.8 Å². The van der Waals surface area contributed by atoms with Gasteiger partial charge in [-0.15, -0.1) is 0 Å². The number of rotatable bonds is 5. The summed E-state index contributed by atoms with van der Waals surface area (Å²) in [6, 6.07) is 3.10. The average Bonchev–Trinajstić information content (AvgIpc) is 2.53. The number of hydrogen-bond donors (Lipinski definition) is 1. The van der Waals surface area contributed by atoms with Crippen molar-refractivity contribution in [2.75, 3.05) is 6.61 Å². The van der Waals surface area contributed by atoms with Gasteiger partial charge in [0.2, 0.25) is 6.29 Å². The Bertz CT molecular complexity index is 689. The van der Waals surface area contributed by atoms with Crippen LogP contribution in [0.4, 0.5) is 4.39 Å². The smallest absolute Gasteiger partial charge is 0.302 e. The van der Waals surface area contributed by atoms with Crippen LogP contribution in [0.25, 0.3) is 0 Å². The van der Waals surface area contributed by atoms with E-state index in [4.69, 9.17) is 14.2 Å². The van der Waals surface area contributed by atoms with E-state index in [9.17, 15) is 19.1 Å². The van der Waals surface area contributed by atoms with Gasteiger partial charge in [0.1, 0.15) is 35.9 Å². The number of benzene rings is 1. The summed E-state index contributed by atoms with van der Waals surface area (Å²) in [6.07, 6.45) is -3.13. The maximum absolute atomic E-state index is 14.5. The van der Waals surface area contributed by atoms with Crippen molar-refractivity contribution in [3.8, 4) is 11.5 Å². The minimum atomic E-state index is -1.32. The van der Waals surface area contributed by atoms with Crippen molar-refractivity contribution < 1.29 is 33.3 Å². The number of carbonyl (C=O) groups is 2. The molecular weight excluding hydrogens is 343 g/mol. The van der Waals surface area contributed by atoms with E-state index in [1.165, 1.54) is 19.9 Å². The Morgan fingerprint density at radius 3 is 2.46 bits per heavy atom. The standard InChI is InChI=1S/C19H25FO6/c1-9-6-14(23)17(12(4)21)15(7-9)25-19-11(3)10(2)18(20)16(26-19)8-24-13(5)22/h6-7,10-11,16,18-19,23H,8H2,1-5H3. The number of carbonyl (C=O) groups excluding carboxylic acids is 2. The summed E-state index contributed by atoms with van der Waals surface area (Å²) in [6.45, 7) is 7.62.